The average molecular weight is 313 g/mol. The Morgan fingerprint density at radius 3 is 2.55 bits per heavy atom. The van der Waals surface area contributed by atoms with Gasteiger partial charge >= 0.3 is 0 Å². The molecule has 0 unspecified atom stereocenters. The third kappa shape index (κ3) is 3.40. The molecule has 3 aromatic rings. The minimum absolute atomic E-state index is 0.00840. The van der Waals surface area contributed by atoms with Crippen LogP contribution in [-0.2, 0) is 15.6 Å². The van der Waals surface area contributed by atoms with Crippen molar-refractivity contribution in [2.45, 2.75) is 5.75 Å². The van der Waals surface area contributed by atoms with Crippen molar-refractivity contribution >= 4 is 9.84 Å². The molecule has 0 bridgehead atoms. The molecule has 1 aromatic carbocycles. The highest BCUT2D eigenvalue weighted by Gasteiger charge is 2.07. The molecule has 0 fully saturated rings. The smallest absolute Gasteiger partial charge is 0.151 e. The summed E-state index contributed by atoms with van der Waals surface area (Å²) >= 11 is 0. The minimum atomic E-state index is -3.04. The lowest BCUT2D eigenvalue weighted by Gasteiger charge is -2.05. The van der Waals surface area contributed by atoms with Gasteiger partial charge < -0.3 is 0 Å². The number of sulfone groups is 1. The van der Waals surface area contributed by atoms with Crippen LogP contribution in [0.25, 0.3) is 22.5 Å². The van der Waals surface area contributed by atoms with Gasteiger partial charge in [-0.25, -0.2) is 8.42 Å². The molecule has 2 heterocycles. The zero-order valence-corrected chi connectivity index (χ0v) is 12.8. The molecule has 22 heavy (non-hydrogen) atoms. The van der Waals surface area contributed by atoms with E-state index in [2.05, 4.69) is 15.2 Å². The molecule has 6 heteroatoms. The first kappa shape index (κ1) is 14.5. The highest BCUT2D eigenvalue weighted by Crippen LogP contribution is 2.24. The van der Waals surface area contributed by atoms with Gasteiger partial charge in [-0.3, -0.25) is 10.1 Å². The Labute approximate surface area is 129 Å². The molecule has 112 valence electrons. The monoisotopic (exact) mass is 313 g/mol. The summed E-state index contributed by atoms with van der Waals surface area (Å²) in [5.74, 6) is 0.00840. The molecule has 3 rings (SSSR count). The number of hydrogen-bond donors (Lipinski definition) is 1. The van der Waals surface area contributed by atoms with E-state index in [1.165, 1.54) is 6.26 Å². The van der Waals surface area contributed by atoms with Crippen molar-refractivity contribution in [3.63, 3.8) is 0 Å². The maximum atomic E-state index is 11.3. The predicted octanol–water partition coefficient (Wildman–Crippen LogP) is 2.68. The second-order valence-corrected chi connectivity index (χ2v) is 7.31. The van der Waals surface area contributed by atoms with Crippen LogP contribution < -0.4 is 0 Å². The van der Waals surface area contributed by atoms with Crippen LogP contribution in [0.1, 0.15) is 5.56 Å². The summed E-state index contributed by atoms with van der Waals surface area (Å²) in [4.78, 5) is 4.37. The molecule has 0 aliphatic heterocycles. The van der Waals surface area contributed by atoms with Gasteiger partial charge in [-0.1, -0.05) is 24.3 Å². The second kappa shape index (κ2) is 5.73. The van der Waals surface area contributed by atoms with Gasteiger partial charge in [0.15, 0.2) is 9.84 Å². The molecular weight excluding hydrogens is 298 g/mol. The number of benzene rings is 1. The summed E-state index contributed by atoms with van der Waals surface area (Å²) < 4.78 is 22.6. The lowest BCUT2D eigenvalue weighted by molar-refractivity contribution is 0.601. The Kier molecular flexibility index (Phi) is 3.77. The minimum Gasteiger partial charge on any atom is -0.278 e. The first-order valence-electron chi connectivity index (χ1n) is 6.74. The van der Waals surface area contributed by atoms with E-state index in [1.807, 2.05) is 36.4 Å². The van der Waals surface area contributed by atoms with Gasteiger partial charge in [-0.05, 0) is 23.8 Å². The van der Waals surface area contributed by atoms with Crippen molar-refractivity contribution in [1.82, 2.24) is 15.2 Å². The lowest BCUT2D eigenvalue weighted by atomic mass is 10.1. The van der Waals surface area contributed by atoms with Crippen molar-refractivity contribution in [2.24, 2.45) is 0 Å². The zero-order chi connectivity index (χ0) is 15.6. The molecule has 0 saturated heterocycles. The first-order valence-corrected chi connectivity index (χ1v) is 8.80. The lowest BCUT2D eigenvalue weighted by Crippen LogP contribution is -2.01. The summed E-state index contributed by atoms with van der Waals surface area (Å²) in [5.41, 5.74) is 4.43. The largest absolute Gasteiger partial charge is 0.278 e. The number of nitrogens with zero attached hydrogens (tertiary/aromatic N) is 2. The molecule has 1 N–H and O–H groups in total. The van der Waals surface area contributed by atoms with Crippen molar-refractivity contribution in [3.05, 3.63) is 60.4 Å². The Morgan fingerprint density at radius 2 is 1.91 bits per heavy atom. The van der Waals surface area contributed by atoms with Gasteiger partial charge in [-0.15, -0.1) is 0 Å². The number of aromatic amines is 1. The molecule has 0 spiro atoms. The molecule has 2 aromatic heterocycles. The average Bonchev–Trinajstić information content (AvgIpc) is 3.01. The van der Waals surface area contributed by atoms with Crippen LogP contribution >= 0.6 is 0 Å². The van der Waals surface area contributed by atoms with Crippen molar-refractivity contribution in [2.75, 3.05) is 6.26 Å². The highest BCUT2D eigenvalue weighted by atomic mass is 32.2. The molecule has 5 nitrogen and oxygen atoms in total. The van der Waals surface area contributed by atoms with E-state index in [4.69, 9.17) is 0 Å². The van der Waals surface area contributed by atoms with Gasteiger partial charge in [0.25, 0.3) is 0 Å². The van der Waals surface area contributed by atoms with Crippen molar-refractivity contribution in [3.8, 4) is 22.5 Å². The zero-order valence-electron chi connectivity index (χ0n) is 12.0. The molecule has 0 amide bonds. The van der Waals surface area contributed by atoms with E-state index in [0.29, 0.717) is 5.56 Å². The fourth-order valence-electron chi connectivity index (χ4n) is 2.25. The Bertz CT molecular complexity index is 870. The highest BCUT2D eigenvalue weighted by molar-refractivity contribution is 7.89. The van der Waals surface area contributed by atoms with Gasteiger partial charge in [0.1, 0.15) is 0 Å². The molecule has 0 saturated carbocycles. The quantitative estimate of drug-likeness (QED) is 0.803. The summed E-state index contributed by atoms with van der Waals surface area (Å²) in [5, 5.41) is 6.88. The topological polar surface area (TPSA) is 75.7 Å². The van der Waals surface area contributed by atoms with E-state index in [-0.39, 0.29) is 5.75 Å². The van der Waals surface area contributed by atoms with Crippen LogP contribution in [0.2, 0.25) is 0 Å². The fraction of sp³-hybridized carbons (Fsp3) is 0.125. The fourth-order valence-corrected chi connectivity index (χ4v) is 3.02. The summed E-state index contributed by atoms with van der Waals surface area (Å²) in [6.07, 6.45) is 4.54. The number of aromatic nitrogens is 3. The number of nitrogens with one attached hydrogen (secondary N) is 1. The standard InChI is InChI=1S/C16H15N3O2S/c1-22(20,21)11-12-5-6-15(17-10-12)13-3-2-4-14(9-13)16-7-8-18-19-16/h2-10H,11H2,1H3,(H,18,19). The van der Waals surface area contributed by atoms with Gasteiger partial charge in [0, 0.05) is 29.8 Å². The SMILES string of the molecule is CS(=O)(=O)Cc1ccc(-c2cccc(-c3ccn[nH]3)c2)nc1. The van der Waals surface area contributed by atoms with E-state index >= 15 is 0 Å². The maximum absolute atomic E-state index is 11.3. The second-order valence-electron chi connectivity index (χ2n) is 5.17. The summed E-state index contributed by atoms with van der Waals surface area (Å²) in [6.45, 7) is 0. The van der Waals surface area contributed by atoms with E-state index < -0.39 is 9.84 Å². The maximum Gasteiger partial charge on any atom is 0.151 e. The summed E-state index contributed by atoms with van der Waals surface area (Å²) in [7, 11) is -3.04. The van der Waals surface area contributed by atoms with Crippen LogP contribution in [0.5, 0.6) is 0 Å². The van der Waals surface area contributed by atoms with Crippen LogP contribution in [0.3, 0.4) is 0 Å². The van der Waals surface area contributed by atoms with Crippen LogP contribution in [-0.4, -0.2) is 29.9 Å². The Balaban J connectivity index is 1.90. The molecule has 0 aliphatic rings. The van der Waals surface area contributed by atoms with E-state index in [0.717, 1.165) is 22.5 Å². The number of pyridine rings is 1. The van der Waals surface area contributed by atoms with E-state index in [1.54, 1.807) is 18.5 Å². The van der Waals surface area contributed by atoms with Gasteiger partial charge in [-0.2, -0.15) is 5.10 Å². The number of hydrogen-bond acceptors (Lipinski definition) is 4. The predicted molar refractivity (Wildman–Crippen MR) is 85.8 cm³/mol. The van der Waals surface area contributed by atoms with Crippen LogP contribution in [0, 0.1) is 0 Å². The third-order valence-electron chi connectivity index (χ3n) is 3.22. The Morgan fingerprint density at radius 1 is 1.09 bits per heavy atom. The van der Waals surface area contributed by atoms with E-state index in [9.17, 15) is 8.42 Å². The first-order chi connectivity index (χ1) is 10.5. The molecular formula is C16H15N3O2S. The Hall–Kier alpha value is -2.47. The number of rotatable bonds is 4. The summed E-state index contributed by atoms with van der Waals surface area (Å²) in [6, 6.07) is 13.5. The molecule has 0 atom stereocenters. The molecule has 0 radical (unpaired) electrons. The number of H-pyrrole nitrogens is 1. The van der Waals surface area contributed by atoms with Crippen LogP contribution in [0.4, 0.5) is 0 Å². The molecule has 0 aliphatic carbocycles. The van der Waals surface area contributed by atoms with Crippen LogP contribution in [0.15, 0.2) is 54.9 Å². The normalized spacial score (nSPS) is 11.5. The van der Waals surface area contributed by atoms with Gasteiger partial charge in [0.2, 0.25) is 0 Å². The van der Waals surface area contributed by atoms with Crippen molar-refractivity contribution < 1.29 is 8.42 Å². The van der Waals surface area contributed by atoms with Crippen molar-refractivity contribution in [1.29, 1.82) is 0 Å². The van der Waals surface area contributed by atoms with Gasteiger partial charge in [0.05, 0.1) is 17.1 Å². The third-order valence-corrected chi connectivity index (χ3v) is 4.08.